The molecule has 1 aliphatic rings. The average Bonchev–Trinajstić information content (AvgIpc) is 3.08. The Bertz CT molecular complexity index is 1180. The van der Waals surface area contributed by atoms with Crippen molar-refractivity contribution in [2.24, 2.45) is 0 Å². The number of rotatable bonds is 5. The van der Waals surface area contributed by atoms with Crippen molar-refractivity contribution in [1.82, 2.24) is 0 Å². The van der Waals surface area contributed by atoms with Crippen LogP contribution >= 0.6 is 0 Å². The molecule has 3 aromatic carbocycles. The predicted octanol–water partition coefficient (Wildman–Crippen LogP) is 4.96. The number of benzene rings is 3. The molecule has 0 unspecified atom stereocenters. The summed E-state index contributed by atoms with van der Waals surface area (Å²) in [5.41, 5.74) is 6.72. The first-order valence-corrected chi connectivity index (χ1v) is 9.92. The SMILES string of the molecule is C#Cc1cc(CC(=O)O)c(C)c(NC(=O)OCC2c3ccccc3-c3ccccc32)c1. The maximum atomic E-state index is 12.6. The van der Waals surface area contributed by atoms with Gasteiger partial charge in [-0.15, -0.1) is 6.42 Å². The molecule has 31 heavy (non-hydrogen) atoms. The average molecular weight is 411 g/mol. The number of anilines is 1. The van der Waals surface area contributed by atoms with Crippen molar-refractivity contribution in [2.45, 2.75) is 19.3 Å². The van der Waals surface area contributed by atoms with E-state index in [-0.39, 0.29) is 18.9 Å². The molecule has 0 bridgehead atoms. The summed E-state index contributed by atoms with van der Waals surface area (Å²) in [4.78, 5) is 23.7. The first-order chi connectivity index (χ1) is 15.0. The van der Waals surface area contributed by atoms with E-state index in [0.29, 0.717) is 22.4 Å². The molecule has 5 nitrogen and oxygen atoms in total. The molecule has 1 aliphatic carbocycles. The number of hydrogen-bond donors (Lipinski definition) is 2. The lowest BCUT2D eigenvalue weighted by molar-refractivity contribution is -0.136. The van der Waals surface area contributed by atoms with Crippen molar-refractivity contribution in [2.75, 3.05) is 11.9 Å². The molecule has 154 valence electrons. The van der Waals surface area contributed by atoms with E-state index >= 15 is 0 Å². The van der Waals surface area contributed by atoms with E-state index in [1.165, 1.54) is 0 Å². The number of ether oxygens (including phenoxy) is 1. The second kappa shape index (κ2) is 8.37. The molecule has 0 atom stereocenters. The van der Waals surface area contributed by atoms with Gasteiger partial charge in [-0.05, 0) is 52.4 Å². The molecule has 0 fully saturated rings. The fraction of sp³-hybridized carbons (Fsp3) is 0.154. The zero-order valence-electron chi connectivity index (χ0n) is 17.0. The number of hydrogen-bond acceptors (Lipinski definition) is 3. The Kier molecular flexibility index (Phi) is 5.46. The minimum Gasteiger partial charge on any atom is -0.481 e. The number of carboxylic acids is 1. The normalized spacial score (nSPS) is 11.9. The Morgan fingerprint density at radius 3 is 2.26 bits per heavy atom. The molecule has 0 spiro atoms. The first kappa shape index (κ1) is 20.2. The third-order valence-electron chi connectivity index (χ3n) is 5.60. The van der Waals surface area contributed by atoms with Crippen LogP contribution in [0.3, 0.4) is 0 Å². The van der Waals surface area contributed by atoms with Crippen LogP contribution in [0.25, 0.3) is 11.1 Å². The van der Waals surface area contributed by atoms with Crippen LogP contribution in [0.15, 0.2) is 60.7 Å². The van der Waals surface area contributed by atoms with Gasteiger partial charge in [0.05, 0.1) is 6.42 Å². The van der Waals surface area contributed by atoms with Crippen LogP contribution in [0.2, 0.25) is 0 Å². The summed E-state index contributed by atoms with van der Waals surface area (Å²) in [6, 6.07) is 19.5. The second-order valence-corrected chi connectivity index (χ2v) is 7.47. The maximum Gasteiger partial charge on any atom is 0.411 e. The Morgan fingerprint density at radius 1 is 1.06 bits per heavy atom. The number of terminal acetylenes is 1. The Morgan fingerprint density at radius 2 is 1.68 bits per heavy atom. The highest BCUT2D eigenvalue weighted by molar-refractivity contribution is 5.87. The molecule has 0 aliphatic heterocycles. The largest absolute Gasteiger partial charge is 0.481 e. The summed E-state index contributed by atoms with van der Waals surface area (Å²) >= 11 is 0. The number of nitrogens with one attached hydrogen (secondary N) is 1. The summed E-state index contributed by atoms with van der Waals surface area (Å²) < 4.78 is 5.58. The molecule has 0 saturated heterocycles. The van der Waals surface area contributed by atoms with Crippen LogP contribution in [0.5, 0.6) is 0 Å². The molecular formula is C26H21NO4. The van der Waals surface area contributed by atoms with Gasteiger partial charge in [0.15, 0.2) is 0 Å². The molecule has 0 saturated carbocycles. The van der Waals surface area contributed by atoms with Crippen LogP contribution in [0.1, 0.15) is 33.7 Å². The monoisotopic (exact) mass is 411 g/mol. The van der Waals surface area contributed by atoms with Gasteiger partial charge < -0.3 is 9.84 Å². The zero-order chi connectivity index (χ0) is 22.0. The minimum absolute atomic E-state index is 0.0427. The zero-order valence-corrected chi connectivity index (χ0v) is 17.0. The van der Waals surface area contributed by atoms with Gasteiger partial charge in [0, 0.05) is 17.2 Å². The van der Waals surface area contributed by atoms with Crippen LogP contribution in [-0.4, -0.2) is 23.8 Å². The van der Waals surface area contributed by atoms with Gasteiger partial charge in [-0.2, -0.15) is 0 Å². The Balaban J connectivity index is 1.52. The van der Waals surface area contributed by atoms with Gasteiger partial charge in [-0.25, -0.2) is 4.79 Å². The van der Waals surface area contributed by atoms with E-state index in [2.05, 4.69) is 35.5 Å². The Hall–Kier alpha value is -4.04. The van der Waals surface area contributed by atoms with Gasteiger partial charge in [0.1, 0.15) is 6.61 Å². The summed E-state index contributed by atoms with van der Waals surface area (Å²) in [5, 5.41) is 11.9. The van der Waals surface area contributed by atoms with Crippen molar-refractivity contribution in [1.29, 1.82) is 0 Å². The number of carbonyl (C=O) groups is 2. The summed E-state index contributed by atoms with van der Waals surface area (Å²) in [7, 11) is 0. The smallest absolute Gasteiger partial charge is 0.411 e. The van der Waals surface area contributed by atoms with Crippen molar-refractivity contribution >= 4 is 17.7 Å². The third kappa shape index (κ3) is 4.01. The minimum atomic E-state index is -0.968. The fourth-order valence-corrected chi connectivity index (χ4v) is 4.08. The van der Waals surface area contributed by atoms with Crippen molar-refractivity contribution in [3.05, 3.63) is 88.5 Å². The quantitative estimate of drug-likeness (QED) is 0.582. The number of aliphatic carboxylic acids is 1. The number of fused-ring (bicyclic) bond motifs is 3. The number of amides is 1. The maximum absolute atomic E-state index is 12.6. The molecule has 4 rings (SSSR count). The fourth-order valence-electron chi connectivity index (χ4n) is 4.08. The molecule has 3 aromatic rings. The van der Waals surface area contributed by atoms with Crippen LogP contribution in [0.4, 0.5) is 10.5 Å². The highest BCUT2D eigenvalue weighted by Gasteiger charge is 2.29. The molecule has 2 N–H and O–H groups in total. The molecule has 1 amide bonds. The van der Waals surface area contributed by atoms with Gasteiger partial charge in [0.2, 0.25) is 0 Å². The van der Waals surface area contributed by atoms with Gasteiger partial charge in [-0.1, -0.05) is 54.5 Å². The molecule has 0 heterocycles. The van der Waals surface area contributed by atoms with Crippen molar-refractivity contribution in [3.63, 3.8) is 0 Å². The van der Waals surface area contributed by atoms with Crippen LogP contribution < -0.4 is 5.32 Å². The molecule has 0 aromatic heterocycles. The van der Waals surface area contributed by atoms with E-state index in [1.807, 2.05) is 24.3 Å². The van der Waals surface area contributed by atoms with Crippen molar-refractivity contribution < 1.29 is 19.4 Å². The van der Waals surface area contributed by atoms with Gasteiger partial charge in [0.25, 0.3) is 0 Å². The van der Waals surface area contributed by atoms with E-state index in [0.717, 1.165) is 22.3 Å². The predicted molar refractivity (Wildman–Crippen MR) is 119 cm³/mol. The highest BCUT2D eigenvalue weighted by Crippen LogP contribution is 2.44. The van der Waals surface area contributed by atoms with Crippen LogP contribution in [0, 0.1) is 19.3 Å². The summed E-state index contributed by atoms with van der Waals surface area (Å²) in [5.74, 6) is 1.48. The van der Waals surface area contributed by atoms with Crippen molar-refractivity contribution in [3.8, 4) is 23.5 Å². The standard InChI is InChI=1S/C26H21NO4/c1-3-17-12-18(14-25(28)29)16(2)24(13-17)27-26(30)31-15-23-21-10-6-4-8-19(21)20-9-5-7-11-22(20)23/h1,4-13,23H,14-15H2,2H3,(H,27,30)(H,28,29). The van der Waals surface area contributed by atoms with Gasteiger partial charge in [-0.3, -0.25) is 10.1 Å². The summed E-state index contributed by atoms with van der Waals surface area (Å²) in [6.45, 7) is 1.94. The van der Waals surface area contributed by atoms with E-state index in [9.17, 15) is 9.59 Å². The summed E-state index contributed by atoms with van der Waals surface area (Å²) in [6.07, 6.45) is 4.70. The molecule has 5 heteroatoms. The third-order valence-corrected chi connectivity index (χ3v) is 5.60. The lowest BCUT2D eigenvalue weighted by atomic mass is 9.98. The van der Waals surface area contributed by atoms with E-state index in [1.54, 1.807) is 19.1 Å². The second-order valence-electron chi connectivity index (χ2n) is 7.47. The number of carboxylic acid groups (broad SMARTS) is 1. The van der Waals surface area contributed by atoms with Gasteiger partial charge >= 0.3 is 12.1 Å². The first-order valence-electron chi connectivity index (χ1n) is 9.92. The van der Waals surface area contributed by atoms with E-state index in [4.69, 9.17) is 16.3 Å². The molecule has 0 radical (unpaired) electrons. The molecular weight excluding hydrogens is 390 g/mol. The number of carbonyl (C=O) groups excluding carboxylic acids is 1. The topological polar surface area (TPSA) is 75.6 Å². The lowest BCUT2D eigenvalue weighted by Gasteiger charge is -2.16. The van der Waals surface area contributed by atoms with Crippen LogP contribution in [-0.2, 0) is 16.0 Å². The Labute approximate surface area is 180 Å². The van der Waals surface area contributed by atoms with E-state index < -0.39 is 12.1 Å². The highest BCUT2D eigenvalue weighted by atomic mass is 16.5. The lowest BCUT2D eigenvalue weighted by Crippen LogP contribution is -2.19.